The van der Waals surface area contributed by atoms with Crippen molar-refractivity contribution in [2.75, 3.05) is 26.9 Å². The summed E-state index contributed by atoms with van der Waals surface area (Å²) in [6.45, 7) is 3.71. The Kier molecular flexibility index (Phi) is 5.79. The number of ether oxygens (including phenoxy) is 2. The Morgan fingerprint density at radius 2 is 2.11 bits per heavy atom. The van der Waals surface area contributed by atoms with Crippen LogP contribution in [0.2, 0.25) is 0 Å². The summed E-state index contributed by atoms with van der Waals surface area (Å²) in [6.07, 6.45) is 0. The number of amides is 1. The average molecular weight is 267 g/mol. The second-order valence-electron chi connectivity index (χ2n) is 4.76. The monoisotopic (exact) mass is 267 g/mol. The summed E-state index contributed by atoms with van der Waals surface area (Å²) >= 11 is 0. The van der Waals surface area contributed by atoms with E-state index in [0.29, 0.717) is 5.75 Å². The Labute approximate surface area is 113 Å². The molecule has 0 radical (unpaired) electrons. The molecule has 0 aromatic heterocycles. The minimum Gasteiger partial charge on any atom is -0.484 e. The predicted molar refractivity (Wildman–Crippen MR) is 72.2 cm³/mol. The van der Waals surface area contributed by atoms with Crippen LogP contribution in [0.1, 0.15) is 12.5 Å². The molecule has 1 rings (SSSR count). The fourth-order valence-electron chi connectivity index (χ4n) is 1.56. The Morgan fingerprint density at radius 1 is 1.42 bits per heavy atom. The molecule has 0 heterocycles. The lowest BCUT2D eigenvalue weighted by Gasteiger charge is -2.22. The van der Waals surface area contributed by atoms with Gasteiger partial charge in [-0.3, -0.25) is 4.79 Å². The van der Waals surface area contributed by atoms with E-state index >= 15 is 0 Å². The van der Waals surface area contributed by atoms with Crippen LogP contribution in [-0.2, 0) is 9.53 Å². The molecule has 1 atom stereocenters. The molecular formula is C14H21NO4. The van der Waals surface area contributed by atoms with Crippen LogP contribution in [0.3, 0.4) is 0 Å². The third-order valence-electron chi connectivity index (χ3n) is 2.57. The lowest BCUT2D eigenvalue weighted by Crippen LogP contribution is -2.45. The summed E-state index contributed by atoms with van der Waals surface area (Å²) in [6, 6.07) is 7.48. The van der Waals surface area contributed by atoms with Crippen molar-refractivity contribution in [2.24, 2.45) is 0 Å². The molecule has 1 aromatic rings. The third kappa shape index (κ3) is 5.72. The van der Waals surface area contributed by atoms with E-state index < -0.39 is 5.60 Å². The number of hydrogen-bond acceptors (Lipinski definition) is 4. The van der Waals surface area contributed by atoms with Gasteiger partial charge in [-0.1, -0.05) is 18.2 Å². The lowest BCUT2D eigenvalue weighted by molar-refractivity contribution is -0.124. The largest absolute Gasteiger partial charge is 0.484 e. The van der Waals surface area contributed by atoms with Gasteiger partial charge in [-0.05, 0) is 25.5 Å². The maximum absolute atomic E-state index is 11.6. The summed E-state index contributed by atoms with van der Waals surface area (Å²) in [4.78, 5) is 11.6. The number of aliphatic hydroxyl groups is 1. The Bertz CT molecular complexity index is 418. The second kappa shape index (κ2) is 7.11. The minimum atomic E-state index is -1.08. The highest BCUT2D eigenvalue weighted by atomic mass is 16.5. The molecule has 5 nitrogen and oxygen atoms in total. The first kappa shape index (κ1) is 15.5. The Balaban J connectivity index is 2.35. The van der Waals surface area contributed by atoms with E-state index in [1.165, 1.54) is 7.11 Å². The van der Waals surface area contributed by atoms with Crippen molar-refractivity contribution in [2.45, 2.75) is 19.4 Å². The molecule has 0 aliphatic rings. The number of aryl methyl sites for hydroxylation is 1. The van der Waals surface area contributed by atoms with Crippen molar-refractivity contribution in [3.05, 3.63) is 29.8 Å². The maximum atomic E-state index is 11.6. The molecule has 106 valence electrons. The van der Waals surface area contributed by atoms with Gasteiger partial charge in [-0.2, -0.15) is 0 Å². The molecule has 2 N–H and O–H groups in total. The molecule has 0 spiro atoms. The first-order chi connectivity index (χ1) is 8.94. The standard InChI is InChI=1S/C14H21NO4/c1-11-6-4-5-7-12(11)19-8-13(16)15-9-14(2,17)10-18-3/h4-7,17H,8-10H2,1-3H3,(H,15,16)/t14-/m1/s1. The van der Waals surface area contributed by atoms with Gasteiger partial charge < -0.3 is 19.9 Å². The van der Waals surface area contributed by atoms with Crippen molar-refractivity contribution in [3.8, 4) is 5.75 Å². The molecule has 0 saturated carbocycles. The summed E-state index contributed by atoms with van der Waals surface area (Å²) in [5.41, 5.74) is -0.103. The van der Waals surface area contributed by atoms with E-state index in [1.54, 1.807) is 6.92 Å². The highest BCUT2D eigenvalue weighted by Gasteiger charge is 2.20. The Morgan fingerprint density at radius 3 is 2.74 bits per heavy atom. The molecule has 0 bridgehead atoms. The zero-order chi connectivity index (χ0) is 14.3. The summed E-state index contributed by atoms with van der Waals surface area (Å²) in [5.74, 6) is 0.404. The van der Waals surface area contributed by atoms with Crippen molar-refractivity contribution in [1.82, 2.24) is 5.32 Å². The molecule has 5 heteroatoms. The number of nitrogens with one attached hydrogen (secondary N) is 1. The number of carbonyl (C=O) groups is 1. The van der Waals surface area contributed by atoms with Crippen LogP contribution in [0, 0.1) is 6.92 Å². The smallest absolute Gasteiger partial charge is 0.258 e. The number of methoxy groups -OCH3 is 1. The topological polar surface area (TPSA) is 67.8 Å². The molecular weight excluding hydrogens is 246 g/mol. The molecule has 0 unspecified atom stereocenters. The van der Waals surface area contributed by atoms with Gasteiger partial charge >= 0.3 is 0 Å². The Hall–Kier alpha value is -1.59. The number of benzene rings is 1. The van der Waals surface area contributed by atoms with Gasteiger partial charge in [0.1, 0.15) is 11.4 Å². The van der Waals surface area contributed by atoms with E-state index in [4.69, 9.17) is 9.47 Å². The SMILES string of the molecule is COC[C@](C)(O)CNC(=O)COc1ccccc1C. The first-order valence-electron chi connectivity index (χ1n) is 6.11. The van der Waals surface area contributed by atoms with Crippen LogP contribution in [0.5, 0.6) is 5.75 Å². The number of rotatable bonds is 7. The minimum absolute atomic E-state index is 0.0755. The van der Waals surface area contributed by atoms with E-state index in [-0.39, 0.29) is 25.7 Å². The van der Waals surface area contributed by atoms with Gasteiger partial charge in [0.05, 0.1) is 6.61 Å². The molecule has 0 saturated heterocycles. The summed E-state index contributed by atoms with van der Waals surface area (Å²) in [5, 5.41) is 12.4. The zero-order valence-corrected chi connectivity index (χ0v) is 11.6. The van der Waals surface area contributed by atoms with Gasteiger partial charge in [0.15, 0.2) is 6.61 Å². The molecule has 1 aromatic carbocycles. The molecule has 0 aliphatic carbocycles. The van der Waals surface area contributed by atoms with Crippen molar-refractivity contribution < 1.29 is 19.4 Å². The summed E-state index contributed by atoms with van der Waals surface area (Å²) < 4.78 is 10.3. The van der Waals surface area contributed by atoms with Crippen LogP contribution in [-0.4, -0.2) is 43.5 Å². The van der Waals surface area contributed by atoms with Crippen LogP contribution in [0.15, 0.2) is 24.3 Å². The lowest BCUT2D eigenvalue weighted by atomic mass is 10.1. The van der Waals surface area contributed by atoms with Gasteiger partial charge in [0.25, 0.3) is 5.91 Å². The van der Waals surface area contributed by atoms with Crippen molar-refractivity contribution >= 4 is 5.91 Å². The van der Waals surface area contributed by atoms with E-state index in [0.717, 1.165) is 5.56 Å². The predicted octanol–water partition coefficient (Wildman–Crippen LogP) is 0.887. The van der Waals surface area contributed by atoms with Crippen molar-refractivity contribution in [3.63, 3.8) is 0 Å². The van der Waals surface area contributed by atoms with Crippen LogP contribution in [0.25, 0.3) is 0 Å². The normalized spacial score (nSPS) is 13.7. The van der Waals surface area contributed by atoms with Crippen LogP contribution in [0.4, 0.5) is 0 Å². The fraction of sp³-hybridized carbons (Fsp3) is 0.500. The third-order valence-corrected chi connectivity index (χ3v) is 2.57. The summed E-state index contributed by atoms with van der Waals surface area (Å²) in [7, 11) is 1.50. The second-order valence-corrected chi connectivity index (χ2v) is 4.76. The zero-order valence-electron chi connectivity index (χ0n) is 11.6. The van der Waals surface area contributed by atoms with E-state index in [2.05, 4.69) is 5.32 Å². The van der Waals surface area contributed by atoms with Crippen LogP contribution < -0.4 is 10.1 Å². The molecule has 19 heavy (non-hydrogen) atoms. The van der Waals surface area contributed by atoms with Gasteiger partial charge in [0, 0.05) is 13.7 Å². The quantitative estimate of drug-likeness (QED) is 0.770. The highest BCUT2D eigenvalue weighted by Crippen LogP contribution is 2.15. The van der Waals surface area contributed by atoms with Crippen LogP contribution >= 0.6 is 0 Å². The van der Waals surface area contributed by atoms with Crippen molar-refractivity contribution in [1.29, 1.82) is 0 Å². The maximum Gasteiger partial charge on any atom is 0.258 e. The fourth-order valence-corrected chi connectivity index (χ4v) is 1.56. The van der Waals surface area contributed by atoms with E-state index in [9.17, 15) is 9.90 Å². The first-order valence-corrected chi connectivity index (χ1v) is 6.11. The van der Waals surface area contributed by atoms with Gasteiger partial charge in [-0.25, -0.2) is 0 Å². The van der Waals surface area contributed by atoms with Gasteiger partial charge in [0.2, 0.25) is 0 Å². The molecule has 0 fully saturated rings. The molecule has 1 amide bonds. The van der Waals surface area contributed by atoms with Gasteiger partial charge in [-0.15, -0.1) is 0 Å². The molecule has 0 aliphatic heterocycles. The average Bonchev–Trinajstić information content (AvgIpc) is 2.35. The number of hydrogen-bond donors (Lipinski definition) is 2. The number of para-hydroxylation sites is 1. The number of carbonyl (C=O) groups excluding carboxylic acids is 1. The van der Waals surface area contributed by atoms with E-state index in [1.807, 2.05) is 31.2 Å². The highest BCUT2D eigenvalue weighted by molar-refractivity contribution is 5.77.